The van der Waals surface area contributed by atoms with Gasteiger partial charge in [0.15, 0.2) is 9.04 Å². The minimum absolute atomic E-state index is 0.0588. The van der Waals surface area contributed by atoms with Gasteiger partial charge in [-0.15, -0.1) is 0 Å². The highest BCUT2D eigenvalue weighted by Crippen LogP contribution is 2.49. The molecule has 0 spiro atoms. The maximum absolute atomic E-state index is 15.1. The van der Waals surface area contributed by atoms with Crippen molar-refractivity contribution < 1.29 is 27.2 Å². The molecule has 2 atom stereocenters. The summed E-state index contributed by atoms with van der Waals surface area (Å²) in [5.41, 5.74) is -2.53. The van der Waals surface area contributed by atoms with Gasteiger partial charge in [-0.25, -0.2) is 4.79 Å². The lowest BCUT2D eigenvalue weighted by molar-refractivity contribution is -0.265. The number of carbonyl (C=O) groups is 2. The summed E-state index contributed by atoms with van der Waals surface area (Å²) in [7, 11) is -2.24. The topological polar surface area (TPSA) is 145 Å². The second-order valence-corrected chi connectivity index (χ2v) is 19.0. The molecule has 2 heterocycles. The molecule has 3 amide bonds. The van der Waals surface area contributed by atoms with Gasteiger partial charge in [0.25, 0.3) is 11.5 Å². The monoisotopic (exact) mass is 864 g/mol. The van der Waals surface area contributed by atoms with Crippen molar-refractivity contribution in [2.75, 3.05) is 10.6 Å². The highest BCUT2D eigenvalue weighted by Gasteiger charge is 2.61. The number of hydrogen-bond acceptors (Lipinski definition) is 7. The molecule has 0 saturated heterocycles. The minimum Gasteiger partial charge on any atom is -0.398 e. The van der Waals surface area contributed by atoms with E-state index in [9.17, 15) is 14.4 Å². The highest BCUT2D eigenvalue weighted by atomic mass is 28.3. The van der Waals surface area contributed by atoms with Crippen molar-refractivity contribution in [1.82, 2.24) is 30.1 Å². The first-order valence-corrected chi connectivity index (χ1v) is 23.1. The number of nitrogens with zero attached hydrogens (tertiary/aromatic N) is 5. The molecule has 62 heavy (non-hydrogen) atoms. The van der Waals surface area contributed by atoms with E-state index in [4.69, 9.17) is 4.43 Å². The molecule has 0 aliphatic rings. The van der Waals surface area contributed by atoms with E-state index in [0.29, 0.717) is 5.56 Å². The van der Waals surface area contributed by atoms with Crippen LogP contribution in [0, 0.1) is 17.3 Å². The fraction of sp³-hybridized carbons (Fsp3) is 0.304. The van der Waals surface area contributed by atoms with Gasteiger partial charge in [-0.2, -0.15) is 17.9 Å². The molecular weight excluding hydrogens is 814 g/mol. The number of urea groups is 1. The standard InChI is InChI=1S/C46H51F3N8O4Si/c1-31(2)45(61-62(6)7,40(43(3,4)5)46(47,48)49)52-38(58)30-56-37(32-20-12-8-13-21-32)29-28-36(39(56)59)50-42(60)51-41-53-54-55-57(41)44(33-22-14-9-15-23-33,34-24-16-10-17-25-34)35-26-18-11-19-27-35/h8-29,31,40,62H,30H2,1-7H3,(H,52,58)(H2,50,51,53,55,60). The Kier molecular flexibility index (Phi) is 13.3. The molecule has 0 bridgehead atoms. The van der Waals surface area contributed by atoms with Crippen molar-refractivity contribution in [2.24, 2.45) is 17.3 Å². The van der Waals surface area contributed by atoms with Crippen LogP contribution in [0.4, 0.5) is 29.6 Å². The summed E-state index contributed by atoms with van der Waals surface area (Å²) in [5.74, 6) is -3.87. The average molecular weight is 865 g/mol. The van der Waals surface area contributed by atoms with E-state index in [1.807, 2.05) is 91.0 Å². The summed E-state index contributed by atoms with van der Waals surface area (Å²) >= 11 is 0. The van der Waals surface area contributed by atoms with Crippen LogP contribution < -0.4 is 21.5 Å². The van der Waals surface area contributed by atoms with Crippen LogP contribution in [-0.2, 0) is 21.3 Å². The van der Waals surface area contributed by atoms with Gasteiger partial charge in [0.1, 0.15) is 29.4 Å². The summed E-state index contributed by atoms with van der Waals surface area (Å²) in [6, 6.07) is 39.5. The van der Waals surface area contributed by atoms with Crippen LogP contribution in [-0.4, -0.2) is 57.7 Å². The van der Waals surface area contributed by atoms with Crippen molar-refractivity contribution in [3.8, 4) is 11.3 Å². The number of amides is 3. The normalized spacial score (nSPS) is 13.7. The van der Waals surface area contributed by atoms with Gasteiger partial charge in [0.05, 0.1) is 5.69 Å². The van der Waals surface area contributed by atoms with E-state index in [2.05, 4.69) is 31.5 Å². The first kappa shape index (κ1) is 45.1. The zero-order valence-electron chi connectivity index (χ0n) is 35.6. The zero-order valence-corrected chi connectivity index (χ0v) is 36.8. The van der Waals surface area contributed by atoms with E-state index < -0.39 is 67.8 Å². The Morgan fingerprint density at radius 3 is 1.69 bits per heavy atom. The van der Waals surface area contributed by atoms with E-state index in [1.54, 1.807) is 63.3 Å². The van der Waals surface area contributed by atoms with Crippen molar-refractivity contribution in [3.05, 3.63) is 161 Å². The van der Waals surface area contributed by atoms with Crippen LogP contribution in [0.1, 0.15) is 51.3 Å². The molecule has 0 radical (unpaired) electrons. The molecule has 0 saturated carbocycles. The first-order chi connectivity index (χ1) is 29.4. The maximum Gasteiger partial charge on any atom is 0.396 e. The largest absolute Gasteiger partial charge is 0.398 e. The highest BCUT2D eigenvalue weighted by molar-refractivity contribution is 6.48. The third-order valence-corrected chi connectivity index (χ3v) is 11.5. The number of hydrogen-bond donors (Lipinski definition) is 3. The Hall–Kier alpha value is -6.39. The number of benzene rings is 4. The van der Waals surface area contributed by atoms with Crippen molar-refractivity contribution in [2.45, 2.75) is 71.7 Å². The van der Waals surface area contributed by atoms with E-state index in [1.165, 1.54) is 31.5 Å². The van der Waals surface area contributed by atoms with E-state index >= 15 is 13.2 Å². The van der Waals surface area contributed by atoms with Crippen LogP contribution in [0.3, 0.4) is 0 Å². The summed E-state index contributed by atoms with van der Waals surface area (Å²) in [6.07, 6.45) is -4.76. The quantitative estimate of drug-likeness (QED) is 0.0565. The van der Waals surface area contributed by atoms with Gasteiger partial charge in [0, 0.05) is 5.92 Å². The number of alkyl halides is 3. The fourth-order valence-corrected chi connectivity index (χ4v) is 9.54. The summed E-state index contributed by atoms with van der Waals surface area (Å²) in [4.78, 5) is 42.6. The molecule has 6 aromatic rings. The second-order valence-electron chi connectivity index (χ2n) is 16.7. The SMILES string of the molecule is CC(C)C(NC(=O)Cn1c(-c2ccccc2)ccc(NC(=O)Nc2nnnn2C(c2ccccc2)(c2ccccc2)c2ccccc2)c1=O)(O[SiH](C)C)C(C(C)(C)C)C(F)(F)F. The average Bonchev–Trinajstić information content (AvgIpc) is 3.67. The van der Waals surface area contributed by atoms with Gasteiger partial charge in [-0.3, -0.25) is 19.5 Å². The smallest absolute Gasteiger partial charge is 0.396 e. The van der Waals surface area contributed by atoms with Gasteiger partial charge in [-0.05, 0) is 63.3 Å². The molecule has 3 N–H and O–H groups in total. The molecule has 6 rings (SSSR count). The molecular formula is C46H51F3N8O4Si. The van der Waals surface area contributed by atoms with Crippen LogP contribution in [0.25, 0.3) is 11.3 Å². The molecule has 0 aliphatic heterocycles. The Bertz CT molecular complexity index is 2400. The summed E-state index contributed by atoms with van der Waals surface area (Å²) < 4.78 is 54.1. The lowest BCUT2D eigenvalue weighted by Crippen LogP contribution is -2.67. The number of aromatic nitrogens is 5. The molecule has 0 aliphatic carbocycles. The molecule has 4 aromatic carbocycles. The number of rotatable bonds is 14. The zero-order chi connectivity index (χ0) is 44.9. The Balaban J connectivity index is 1.39. The molecule has 2 unspecified atom stereocenters. The minimum atomic E-state index is -4.76. The third-order valence-electron chi connectivity index (χ3n) is 10.6. The van der Waals surface area contributed by atoms with E-state index in [0.717, 1.165) is 21.3 Å². The number of pyridine rings is 1. The van der Waals surface area contributed by atoms with Gasteiger partial charge >= 0.3 is 12.2 Å². The lowest BCUT2D eigenvalue weighted by Gasteiger charge is -2.51. The van der Waals surface area contributed by atoms with Crippen LogP contribution in [0.2, 0.25) is 13.1 Å². The number of anilines is 2. The number of halogens is 3. The molecule has 2 aromatic heterocycles. The number of carbonyl (C=O) groups excluding carboxylic acids is 2. The van der Waals surface area contributed by atoms with Crippen LogP contribution in [0.15, 0.2) is 138 Å². The first-order valence-electron chi connectivity index (χ1n) is 20.3. The summed E-state index contributed by atoms with van der Waals surface area (Å²) in [6.45, 7) is 10.3. The van der Waals surface area contributed by atoms with Crippen molar-refractivity contribution in [1.29, 1.82) is 0 Å². The lowest BCUT2D eigenvalue weighted by atomic mass is 9.70. The Morgan fingerprint density at radius 1 is 0.742 bits per heavy atom. The molecule has 12 nitrogen and oxygen atoms in total. The van der Waals surface area contributed by atoms with Crippen molar-refractivity contribution >= 4 is 32.6 Å². The Morgan fingerprint density at radius 2 is 1.24 bits per heavy atom. The van der Waals surface area contributed by atoms with Crippen LogP contribution in [0.5, 0.6) is 0 Å². The van der Waals surface area contributed by atoms with Gasteiger partial charge in [-0.1, -0.05) is 161 Å². The molecule has 16 heteroatoms. The van der Waals surface area contributed by atoms with Crippen molar-refractivity contribution in [3.63, 3.8) is 0 Å². The number of nitrogens with one attached hydrogen (secondary N) is 3. The maximum atomic E-state index is 15.1. The van der Waals surface area contributed by atoms with Crippen LogP contribution >= 0.6 is 0 Å². The second kappa shape index (κ2) is 18.3. The molecule has 324 valence electrons. The third kappa shape index (κ3) is 9.26. The van der Waals surface area contributed by atoms with Gasteiger partial charge < -0.3 is 15.1 Å². The fourth-order valence-electron chi connectivity index (χ4n) is 8.29. The van der Waals surface area contributed by atoms with Gasteiger partial charge in [0.2, 0.25) is 5.91 Å². The Labute approximate surface area is 360 Å². The summed E-state index contributed by atoms with van der Waals surface area (Å²) in [5, 5.41) is 20.5. The number of tetrazole rings is 1. The predicted molar refractivity (Wildman–Crippen MR) is 236 cm³/mol. The predicted octanol–water partition coefficient (Wildman–Crippen LogP) is 8.68. The van der Waals surface area contributed by atoms with E-state index in [-0.39, 0.29) is 17.3 Å². The molecule has 0 fully saturated rings.